The molecule has 1 aliphatic heterocycles. The SMILES string of the molecule is CC(O)[CH]Oc1ccc(C(C)(C)c2ccc(OCC3CO3)cc2)cc1. The molecule has 1 N–H and O–H groups in total. The Morgan fingerprint density at radius 1 is 1.08 bits per heavy atom. The maximum absolute atomic E-state index is 9.24. The zero-order valence-corrected chi connectivity index (χ0v) is 14.9. The molecule has 4 heteroatoms. The topological polar surface area (TPSA) is 51.2 Å². The molecule has 4 nitrogen and oxygen atoms in total. The van der Waals surface area contributed by atoms with Gasteiger partial charge in [0.05, 0.1) is 12.7 Å². The maximum atomic E-state index is 9.24. The fourth-order valence-electron chi connectivity index (χ4n) is 2.62. The van der Waals surface area contributed by atoms with Gasteiger partial charge in [0.1, 0.15) is 24.2 Å². The predicted octanol–water partition coefficient (Wildman–Crippen LogP) is 3.71. The fourth-order valence-corrected chi connectivity index (χ4v) is 2.62. The minimum absolute atomic E-state index is 0.134. The molecule has 0 aliphatic carbocycles. The normalized spacial score (nSPS) is 17.8. The molecule has 0 saturated carbocycles. The Hall–Kier alpha value is -2.04. The Morgan fingerprint density at radius 2 is 1.60 bits per heavy atom. The van der Waals surface area contributed by atoms with Crippen molar-refractivity contribution in [3.8, 4) is 11.5 Å². The van der Waals surface area contributed by atoms with E-state index in [-0.39, 0.29) is 11.5 Å². The summed E-state index contributed by atoms with van der Waals surface area (Å²) in [5.41, 5.74) is 2.27. The molecule has 0 amide bonds. The van der Waals surface area contributed by atoms with Crippen molar-refractivity contribution in [2.24, 2.45) is 0 Å². The van der Waals surface area contributed by atoms with Crippen molar-refractivity contribution in [2.45, 2.75) is 38.4 Å². The van der Waals surface area contributed by atoms with Gasteiger partial charge in [-0.1, -0.05) is 38.1 Å². The van der Waals surface area contributed by atoms with E-state index in [1.54, 1.807) is 6.92 Å². The van der Waals surface area contributed by atoms with Gasteiger partial charge in [0, 0.05) is 5.41 Å². The number of hydrogen-bond acceptors (Lipinski definition) is 4. The second-order valence-corrected chi connectivity index (χ2v) is 6.93. The third-order valence-corrected chi connectivity index (χ3v) is 4.39. The van der Waals surface area contributed by atoms with Gasteiger partial charge in [-0.2, -0.15) is 0 Å². The summed E-state index contributed by atoms with van der Waals surface area (Å²) in [4.78, 5) is 0. The molecule has 1 aliphatic rings. The highest BCUT2D eigenvalue weighted by Crippen LogP contribution is 2.33. The molecule has 0 aromatic heterocycles. The molecule has 1 saturated heterocycles. The Kier molecular flexibility index (Phi) is 5.30. The van der Waals surface area contributed by atoms with Gasteiger partial charge in [-0.3, -0.25) is 0 Å². The van der Waals surface area contributed by atoms with E-state index < -0.39 is 6.10 Å². The molecule has 2 aromatic rings. The standard InChI is InChI=1S/C21H25O4/c1-15(22)12-23-18-8-4-16(5-9-18)21(2,3)17-6-10-19(11-7-17)24-13-20-14-25-20/h4-12,15,20,22H,13-14H2,1-3H3. The minimum atomic E-state index is -0.594. The van der Waals surface area contributed by atoms with Crippen molar-refractivity contribution in [3.63, 3.8) is 0 Å². The third kappa shape index (κ3) is 4.74. The van der Waals surface area contributed by atoms with E-state index in [9.17, 15) is 5.11 Å². The van der Waals surface area contributed by atoms with Gasteiger partial charge in [0.25, 0.3) is 0 Å². The van der Waals surface area contributed by atoms with Crippen molar-refractivity contribution in [2.75, 3.05) is 13.2 Å². The molecular weight excluding hydrogens is 316 g/mol. The lowest BCUT2D eigenvalue weighted by Gasteiger charge is -2.26. The highest BCUT2D eigenvalue weighted by atomic mass is 16.6. The first-order chi connectivity index (χ1) is 11.9. The molecule has 2 aromatic carbocycles. The summed E-state index contributed by atoms with van der Waals surface area (Å²) in [5.74, 6) is 1.58. The van der Waals surface area contributed by atoms with Crippen LogP contribution in [0, 0.1) is 6.61 Å². The quantitative estimate of drug-likeness (QED) is 0.744. The lowest BCUT2D eigenvalue weighted by atomic mass is 9.78. The molecule has 1 radical (unpaired) electrons. The van der Waals surface area contributed by atoms with E-state index in [0.717, 1.165) is 12.4 Å². The largest absolute Gasteiger partial charge is 0.491 e. The number of hydrogen-bond donors (Lipinski definition) is 1. The van der Waals surface area contributed by atoms with Crippen LogP contribution in [0.25, 0.3) is 0 Å². The first kappa shape index (κ1) is 17.8. The van der Waals surface area contributed by atoms with Crippen LogP contribution in [0.5, 0.6) is 11.5 Å². The Bertz CT molecular complexity index is 619. The van der Waals surface area contributed by atoms with E-state index >= 15 is 0 Å². The molecule has 133 valence electrons. The van der Waals surface area contributed by atoms with Crippen LogP contribution in [0.3, 0.4) is 0 Å². The van der Waals surface area contributed by atoms with Crippen LogP contribution in [-0.2, 0) is 10.2 Å². The predicted molar refractivity (Wildman–Crippen MR) is 96.9 cm³/mol. The first-order valence-electron chi connectivity index (χ1n) is 8.59. The van der Waals surface area contributed by atoms with Crippen LogP contribution in [0.1, 0.15) is 31.9 Å². The van der Waals surface area contributed by atoms with Gasteiger partial charge >= 0.3 is 0 Å². The summed E-state index contributed by atoms with van der Waals surface area (Å²) < 4.78 is 16.3. The molecule has 3 rings (SSSR count). The molecule has 2 unspecified atom stereocenters. The van der Waals surface area contributed by atoms with Crippen LogP contribution in [0.15, 0.2) is 48.5 Å². The third-order valence-electron chi connectivity index (χ3n) is 4.39. The van der Waals surface area contributed by atoms with Crippen LogP contribution in [0.2, 0.25) is 0 Å². The summed E-state index contributed by atoms with van der Waals surface area (Å²) >= 11 is 0. The summed E-state index contributed by atoms with van der Waals surface area (Å²) in [5, 5.41) is 9.24. The van der Waals surface area contributed by atoms with E-state index in [4.69, 9.17) is 14.2 Å². The molecule has 1 heterocycles. The smallest absolute Gasteiger partial charge is 0.163 e. The van der Waals surface area contributed by atoms with Crippen LogP contribution < -0.4 is 9.47 Å². The van der Waals surface area contributed by atoms with Gasteiger partial charge < -0.3 is 19.3 Å². The molecule has 1 fully saturated rings. The lowest BCUT2D eigenvalue weighted by Crippen LogP contribution is -2.18. The van der Waals surface area contributed by atoms with Crippen molar-refractivity contribution < 1.29 is 19.3 Å². The zero-order chi connectivity index (χ0) is 17.9. The summed E-state index contributed by atoms with van der Waals surface area (Å²) in [6.45, 7) is 8.87. The van der Waals surface area contributed by atoms with E-state index in [1.807, 2.05) is 24.3 Å². The summed E-state index contributed by atoms with van der Waals surface area (Å²) in [6.07, 6.45) is -0.328. The second-order valence-electron chi connectivity index (χ2n) is 6.93. The van der Waals surface area contributed by atoms with Crippen molar-refractivity contribution in [1.29, 1.82) is 0 Å². The van der Waals surface area contributed by atoms with Crippen LogP contribution in [0.4, 0.5) is 0 Å². The van der Waals surface area contributed by atoms with Crippen molar-refractivity contribution >= 4 is 0 Å². The van der Waals surface area contributed by atoms with Gasteiger partial charge in [-0.15, -0.1) is 0 Å². The monoisotopic (exact) mass is 341 g/mol. The highest BCUT2D eigenvalue weighted by molar-refractivity contribution is 5.41. The van der Waals surface area contributed by atoms with Crippen LogP contribution in [-0.4, -0.2) is 30.5 Å². The molecule has 25 heavy (non-hydrogen) atoms. The number of epoxide rings is 1. The van der Waals surface area contributed by atoms with Crippen LogP contribution >= 0.6 is 0 Å². The molecular formula is C21H25O4. The van der Waals surface area contributed by atoms with E-state index in [2.05, 4.69) is 38.1 Å². The van der Waals surface area contributed by atoms with Crippen molar-refractivity contribution in [1.82, 2.24) is 0 Å². The van der Waals surface area contributed by atoms with E-state index in [1.165, 1.54) is 17.7 Å². The lowest BCUT2D eigenvalue weighted by molar-refractivity contribution is 0.170. The highest BCUT2D eigenvalue weighted by Gasteiger charge is 2.24. The van der Waals surface area contributed by atoms with Gasteiger partial charge in [0.15, 0.2) is 6.61 Å². The van der Waals surface area contributed by atoms with E-state index in [0.29, 0.717) is 12.4 Å². The van der Waals surface area contributed by atoms with Crippen molar-refractivity contribution in [3.05, 3.63) is 66.3 Å². The average molecular weight is 341 g/mol. The molecule has 0 bridgehead atoms. The second kappa shape index (κ2) is 7.46. The number of aliphatic hydroxyl groups is 1. The Labute approximate surface area is 149 Å². The fraction of sp³-hybridized carbons (Fsp3) is 0.381. The number of benzene rings is 2. The molecule has 2 atom stereocenters. The zero-order valence-electron chi connectivity index (χ0n) is 14.9. The Morgan fingerprint density at radius 3 is 2.08 bits per heavy atom. The average Bonchev–Trinajstić information content (AvgIpc) is 3.43. The maximum Gasteiger partial charge on any atom is 0.163 e. The van der Waals surface area contributed by atoms with Gasteiger partial charge in [-0.05, 0) is 42.3 Å². The van der Waals surface area contributed by atoms with Gasteiger partial charge in [0.2, 0.25) is 0 Å². The first-order valence-corrected chi connectivity index (χ1v) is 8.59. The summed E-state index contributed by atoms with van der Waals surface area (Å²) in [7, 11) is 0. The minimum Gasteiger partial charge on any atom is -0.491 e. The summed E-state index contributed by atoms with van der Waals surface area (Å²) in [6, 6.07) is 16.2. The number of rotatable bonds is 8. The molecule has 0 spiro atoms. The Balaban J connectivity index is 1.66. The number of ether oxygens (including phenoxy) is 3. The van der Waals surface area contributed by atoms with Gasteiger partial charge in [-0.25, -0.2) is 0 Å². The number of aliphatic hydroxyl groups excluding tert-OH is 1.